The molecule has 2 heteroatoms. The number of rotatable bonds is 1. The molecule has 0 spiro atoms. The second kappa shape index (κ2) is 3.81. The van der Waals surface area contributed by atoms with Gasteiger partial charge in [-0.3, -0.25) is 0 Å². The highest BCUT2D eigenvalue weighted by molar-refractivity contribution is 5.68. The fourth-order valence-corrected chi connectivity index (χ4v) is 2.16. The van der Waals surface area contributed by atoms with Crippen molar-refractivity contribution >= 4 is 5.70 Å². The van der Waals surface area contributed by atoms with E-state index in [-0.39, 0.29) is 0 Å². The first-order valence-corrected chi connectivity index (χ1v) is 5.92. The van der Waals surface area contributed by atoms with Crippen LogP contribution in [0.15, 0.2) is 54.0 Å². The molecule has 1 aromatic carbocycles. The maximum absolute atomic E-state index is 3.45. The van der Waals surface area contributed by atoms with E-state index in [0.717, 1.165) is 6.54 Å². The molecule has 3 rings (SSSR count). The maximum atomic E-state index is 3.45. The van der Waals surface area contributed by atoms with E-state index < -0.39 is 0 Å². The van der Waals surface area contributed by atoms with Crippen molar-refractivity contribution in [1.82, 2.24) is 10.2 Å². The van der Waals surface area contributed by atoms with Crippen molar-refractivity contribution in [3.63, 3.8) is 0 Å². The molecule has 1 N–H and O–H groups in total. The van der Waals surface area contributed by atoms with Crippen LogP contribution in [0.5, 0.6) is 0 Å². The Balaban J connectivity index is 1.89. The van der Waals surface area contributed by atoms with Crippen molar-refractivity contribution in [2.45, 2.75) is 13.8 Å². The predicted octanol–water partition coefficient (Wildman–Crippen LogP) is 3.00. The lowest BCUT2D eigenvalue weighted by atomic mass is 10.1. The Kier molecular flexibility index (Phi) is 2.29. The maximum Gasteiger partial charge on any atom is 0.110 e. The van der Waals surface area contributed by atoms with E-state index >= 15 is 0 Å². The molecule has 2 aliphatic heterocycles. The standard InChI is InChI=1S/C15H16N2/c1-11-3-6-13(7-4-11)14-10-17-9-12(2)5-8-15(17)16-14/h3-8,10,16H,9H2,1-2H3. The number of aryl methyl sites for hydroxylation is 1. The first-order valence-electron chi connectivity index (χ1n) is 5.92. The molecule has 0 aliphatic carbocycles. The van der Waals surface area contributed by atoms with Gasteiger partial charge in [-0.2, -0.15) is 0 Å². The molecule has 0 unspecified atom stereocenters. The van der Waals surface area contributed by atoms with Crippen molar-refractivity contribution in [2.24, 2.45) is 0 Å². The van der Waals surface area contributed by atoms with Crippen LogP contribution < -0.4 is 5.32 Å². The summed E-state index contributed by atoms with van der Waals surface area (Å²) in [4.78, 5) is 2.25. The lowest BCUT2D eigenvalue weighted by Gasteiger charge is -2.20. The molecule has 0 radical (unpaired) electrons. The number of nitrogens with zero attached hydrogens (tertiary/aromatic N) is 1. The normalized spacial score (nSPS) is 18.0. The summed E-state index contributed by atoms with van der Waals surface area (Å²) < 4.78 is 0. The highest BCUT2D eigenvalue weighted by atomic mass is 15.3. The van der Waals surface area contributed by atoms with E-state index in [9.17, 15) is 0 Å². The molecular weight excluding hydrogens is 208 g/mol. The van der Waals surface area contributed by atoms with E-state index in [4.69, 9.17) is 0 Å². The third-order valence-electron chi connectivity index (χ3n) is 3.17. The summed E-state index contributed by atoms with van der Waals surface area (Å²) in [5.41, 5.74) is 5.10. The Morgan fingerprint density at radius 1 is 1.06 bits per heavy atom. The second-order valence-electron chi connectivity index (χ2n) is 4.73. The Morgan fingerprint density at radius 3 is 2.59 bits per heavy atom. The summed E-state index contributed by atoms with van der Waals surface area (Å²) in [5, 5.41) is 3.45. The largest absolute Gasteiger partial charge is 0.340 e. The molecule has 1 aromatic rings. The van der Waals surface area contributed by atoms with Gasteiger partial charge in [0.2, 0.25) is 0 Å². The van der Waals surface area contributed by atoms with E-state index in [2.05, 4.69) is 66.7 Å². The van der Waals surface area contributed by atoms with Crippen LogP contribution in [0.2, 0.25) is 0 Å². The molecule has 2 nitrogen and oxygen atoms in total. The Labute approximate surface area is 102 Å². The fraction of sp³-hybridized carbons (Fsp3) is 0.200. The van der Waals surface area contributed by atoms with Crippen molar-refractivity contribution in [3.05, 3.63) is 65.1 Å². The van der Waals surface area contributed by atoms with Gasteiger partial charge in [0.05, 0.1) is 5.70 Å². The van der Waals surface area contributed by atoms with Crippen LogP contribution in [0.3, 0.4) is 0 Å². The Morgan fingerprint density at radius 2 is 1.82 bits per heavy atom. The minimum atomic E-state index is 0.980. The molecule has 0 bridgehead atoms. The van der Waals surface area contributed by atoms with Gasteiger partial charge in [-0.25, -0.2) is 0 Å². The van der Waals surface area contributed by atoms with Crippen LogP contribution in [0, 0.1) is 6.92 Å². The molecule has 0 aromatic heterocycles. The van der Waals surface area contributed by atoms with Gasteiger partial charge in [-0.15, -0.1) is 0 Å². The minimum absolute atomic E-state index is 0.980. The molecule has 2 heterocycles. The molecule has 2 aliphatic rings. The summed E-state index contributed by atoms with van der Waals surface area (Å²) in [5.74, 6) is 1.17. The average Bonchev–Trinajstić information content (AvgIpc) is 2.72. The zero-order chi connectivity index (χ0) is 11.8. The van der Waals surface area contributed by atoms with Gasteiger partial charge in [0.15, 0.2) is 0 Å². The molecule has 86 valence electrons. The molecule has 0 saturated carbocycles. The number of nitrogens with one attached hydrogen (secondary N) is 1. The lowest BCUT2D eigenvalue weighted by molar-refractivity contribution is 0.499. The third kappa shape index (κ3) is 1.86. The van der Waals surface area contributed by atoms with Crippen molar-refractivity contribution in [3.8, 4) is 0 Å². The first-order chi connectivity index (χ1) is 8.22. The highest BCUT2D eigenvalue weighted by Gasteiger charge is 2.20. The fourth-order valence-electron chi connectivity index (χ4n) is 2.16. The molecule has 0 fully saturated rings. The number of benzene rings is 1. The molecule has 0 saturated heterocycles. The van der Waals surface area contributed by atoms with Gasteiger partial charge < -0.3 is 10.2 Å². The van der Waals surface area contributed by atoms with E-state index in [1.54, 1.807) is 0 Å². The summed E-state index contributed by atoms with van der Waals surface area (Å²) in [6, 6.07) is 8.61. The van der Waals surface area contributed by atoms with Crippen LogP contribution in [0.25, 0.3) is 5.70 Å². The van der Waals surface area contributed by atoms with E-state index in [0.29, 0.717) is 0 Å². The quantitative estimate of drug-likeness (QED) is 0.789. The topological polar surface area (TPSA) is 15.3 Å². The van der Waals surface area contributed by atoms with Crippen molar-refractivity contribution in [2.75, 3.05) is 6.54 Å². The van der Waals surface area contributed by atoms with Crippen molar-refractivity contribution in [1.29, 1.82) is 0 Å². The number of allylic oxidation sites excluding steroid dienone is 2. The Hall–Kier alpha value is -1.96. The van der Waals surface area contributed by atoms with Crippen LogP contribution in [-0.4, -0.2) is 11.4 Å². The third-order valence-corrected chi connectivity index (χ3v) is 3.17. The van der Waals surface area contributed by atoms with Crippen LogP contribution in [0.1, 0.15) is 18.1 Å². The molecular formula is C15H16N2. The summed E-state index contributed by atoms with van der Waals surface area (Å²) in [6.45, 7) is 5.25. The zero-order valence-corrected chi connectivity index (χ0v) is 10.2. The van der Waals surface area contributed by atoms with E-state index in [1.807, 2.05) is 0 Å². The van der Waals surface area contributed by atoms with Gasteiger partial charge in [0, 0.05) is 12.7 Å². The van der Waals surface area contributed by atoms with E-state index in [1.165, 1.54) is 28.2 Å². The molecule has 0 amide bonds. The minimum Gasteiger partial charge on any atom is -0.340 e. The smallest absolute Gasteiger partial charge is 0.110 e. The summed E-state index contributed by atoms with van der Waals surface area (Å²) >= 11 is 0. The SMILES string of the molecule is CC1=CC=C2NC(c3ccc(C)cc3)=CN2C1. The number of hydrogen-bond donors (Lipinski definition) is 1. The molecule has 17 heavy (non-hydrogen) atoms. The second-order valence-corrected chi connectivity index (χ2v) is 4.73. The zero-order valence-electron chi connectivity index (χ0n) is 10.2. The van der Waals surface area contributed by atoms with Crippen LogP contribution in [-0.2, 0) is 0 Å². The lowest BCUT2D eigenvalue weighted by Crippen LogP contribution is -2.22. The number of fused-ring (bicyclic) bond motifs is 1. The number of hydrogen-bond acceptors (Lipinski definition) is 2. The van der Waals surface area contributed by atoms with Crippen LogP contribution in [0.4, 0.5) is 0 Å². The summed E-state index contributed by atoms with van der Waals surface area (Å²) in [7, 11) is 0. The summed E-state index contributed by atoms with van der Waals surface area (Å²) in [6.07, 6.45) is 6.49. The van der Waals surface area contributed by atoms with Crippen molar-refractivity contribution < 1.29 is 0 Å². The highest BCUT2D eigenvalue weighted by Crippen LogP contribution is 2.25. The van der Waals surface area contributed by atoms with Gasteiger partial charge in [-0.1, -0.05) is 41.5 Å². The van der Waals surface area contributed by atoms with Gasteiger partial charge in [0.1, 0.15) is 5.82 Å². The monoisotopic (exact) mass is 224 g/mol. The average molecular weight is 224 g/mol. The van der Waals surface area contributed by atoms with Crippen LogP contribution >= 0.6 is 0 Å². The molecule has 0 atom stereocenters. The first kappa shape index (κ1) is 10.2. The Bertz CT molecular complexity index is 533. The van der Waals surface area contributed by atoms with Gasteiger partial charge in [-0.05, 0) is 25.5 Å². The predicted molar refractivity (Wildman–Crippen MR) is 70.8 cm³/mol. The van der Waals surface area contributed by atoms with Gasteiger partial charge >= 0.3 is 0 Å². The van der Waals surface area contributed by atoms with Gasteiger partial charge in [0.25, 0.3) is 0 Å².